The van der Waals surface area contributed by atoms with Gasteiger partial charge in [-0.2, -0.15) is 0 Å². The molecule has 16 heavy (non-hydrogen) atoms. The zero-order valence-electron chi connectivity index (χ0n) is 9.26. The Bertz CT molecular complexity index is 448. The first-order valence-electron chi connectivity index (χ1n) is 5.31. The van der Waals surface area contributed by atoms with Crippen molar-refractivity contribution < 1.29 is 4.74 Å². The van der Waals surface area contributed by atoms with Crippen LogP contribution in [-0.2, 0) is 13.1 Å². The molecule has 1 heterocycles. The number of imidazole rings is 1. The quantitative estimate of drug-likeness (QED) is 0.853. The van der Waals surface area contributed by atoms with Gasteiger partial charge in [-0.05, 0) is 24.6 Å². The van der Waals surface area contributed by atoms with Gasteiger partial charge in [0.05, 0.1) is 0 Å². The summed E-state index contributed by atoms with van der Waals surface area (Å²) in [4.78, 5) is 4.14. The lowest BCUT2D eigenvalue weighted by atomic mass is 10.2. The minimum Gasteiger partial charge on any atom is -0.426 e. The third-order valence-electron chi connectivity index (χ3n) is 2.39. The molecular weight excluding hydrogens is 202 g/mol. The molecule has 1 aromatic carbocycles. The highest BCUT2D eigenvalue weighted by Gasteiger charge is 2.03. The number of rotatable bonds is 4. The zero-order valence-corrected chi connectivity index (χ0v) is 9.26. The van der Waals surface area contributed by atoms with Crippen molar-refractivity contribution in [2.45, 2.75) is 20.0 Å². The Labute approximate surface area is 94.7 Å². The second-order valence-corrected chi connectivity index (χ2v) is 3.45. The van der Waals surface area contributed by atoms with Crippen LogP contribution in [0.5, 0.6) is 11.8 Å². The van der Waals surface area contributed by atoms with Gasteiger partial charge in [0.15, 0.2) is 0 Å². The summed E-state index contributed by atoms with van der Waals surface area (Å²) in [6, 6.07) is 8.32. The molecule has 0 aliphatic rings. The van der Waals surface area contributed by atoms with Crippen LogP contribution in [0.25, 0.3) is 0 Å². The number of ether oxygens (including phenoxy) is 1. The lowest BCUT2D eigenvalue weighted by Crippen LogP contribution is -1.98. The van der Waals surface area contributed by atoms with E-state index >= 15 is 0 Å². The van der Waals surface area contributed by atoms with Gasteiger partial charge in [-0.3, -0.25) is 0 Å². The molecule has 0 aliphatic heterocycles. The van der Waals surface area contributed by atoms with Gasteiger partial charge in [0.2, 0.25) is 0 Å². The Morgan fingerprint density at radius 1 is 1.31 bits per heavy atom. The summed E-state index contributed by atoms with van der Waals surface area (Å²) in [6.07, 6.45) is 3.62. The van der Waals surface area contributed by atoms with Crippen LogP contribution >= 0.6 is 0 Å². The molecule has 0 saturated heterocycles. The Kier molecular flexibility index (Phi) is 3.22. The topological polar surface area (TPSA) is 53.1 Å². The van der Waals surface area contributed by atoms with E-state index in [-0.39, 0.29) is 0 Å². The Hall–Kier alpha value is -1.81. The average molecular weight is 217 g/mol. The molecule has 4 heteroatoms. The lowest BCUT2D eigenvalue weighted by Gasteiger charge is -2.06. The third-order valence-corrected chi connectivity index (χ3v) is 2.39. The summed E-state index contributed by atoms with van der Waals surface area (Å²) in [6.45, 7) is 3.44. The minimum atomic E-state index is 0.546. The molecule has 0 aliphatic carbocycles. The average Bonchev–Trinajstić information content (AvgIpc) is 2.77. The number of aryl methyl sites for hydroxylation is 1. The standard InChI is InChI=1S/C12H15N3O/c1-2-15-8-7-14-12(15)16-11-5-3-10(9-13)4-6-11/h3-8H,2,9,13H2,1H3. The molecule has 0 unspecified atom stereocenters. The second kappa shape index (κ2) is 4.81. The Morgan fingerprint density at radius 2 is 2.06 bits per heavy atom. The van der Waals surface area contributed by atoms with E-state index in [0.717, 1.165) is 17.9 Å². The fourth-order valence-corrected chi connectivity index (χ4v) is 1.44. The van der Waals surface area contributed by atoms with Crippen molar-refractivity contribution in [1.82, 2.24) is 9.55 Å². The van der Waals surface area contributed by atoms with Crippen molar-refractivity contribution in [3.05, 3.63) is 42.2 Å². The fraction of sp³-hybridized carbons (Fsp3) is 0.250. The van der Waals surface area contributed by atoms with Gasteiger partial charge < -0.3 is 15.0 Å². The first-order chi connectivity index (χ1) is 7.83. The van der Waals surface area contributed by atoms with Crippen LogP contribution in [0.3, 0.4) is 0 Å². The molecule has 2 rings (SSSR count). The monoisotopic (exact) mass is 217 g/mol. The van der Waals surface area contributed by atoms with Gasteiger partial charge in [0.1, 0.15) is 5.75 Å². The van der Waals surface area contributed by atoms with E-state index in [1.807, 2.05) is 42.0 Å². The van der Waals surface area contributed by atoms with Crippen molar-refractivity contribution in [3.8, 4) is 11.8 Å². The summed E-state index contributed by atoms with van der Waals surface area (Å²) < 4.78 is 7.59. The number of nitrogens with zero attached hydrogens (tertiary/aromatic N) is 2. The maximum absolute atomic E-state index is 5.65. The predicted molar refractivity (Wildman–Crippen MR) is 62.3 cm³/mol. The van der Waals surface area contributed by atoms with Crippen molar-refractivity contribution in [3.63, 3.8) is 0 Å². The van der Waals surface area contributed by atoms with E-state index in [9.17, 15) is 0 Å². The van der Waals surface area contributed by atoms with Crippen LogP contribution in [0.4, 0.5) is 0 Å². The van der Waals surface area contributed by atoms with Gasteiger partial charge >= 0.3 is 6.01 Å². The molecular formula is C12H15N3O. The van der Waals surface area contributed by atoms with Crippen LogP contribution in [0.15, 0.2) is 36.7 Å². The number of hydrogen-bond acceptors (Lipinski definition) is 3. The summed E-state index contributed by atoms with van der Waals surface area (Å²) in [5, 5.41) is 0. The van der Waals surface area contributed by atoms with E-state index in [4.69, 9.17) is 10.5 Å². The lowest BCUT2D eigenvalue weighted by molar-refractivity contribution is 0.415. The second-order valence-electron chi connectivity index (χ2n) is 3.45. The molecule has 0 spiro atoms. The third kappa shape index (κ3) is 2.23. The molecule has 2 aromatic rings. The molecule has 0 amide bonds. The summed E-state index contributed by atoms with van der Waals surface area (Å²) >= 11 is 0. The molecule has 0 radical (unpaired) electrons. The highest BCUT2D eigenvalue weighted by atomic mass is 16.5. The van der Waals surface area contributed by atoms with E-state index in [1.54, 1.807) is 6.20 Å². The van der Waals surface area contributed by atoms with Crippen LogP contribution in [-0.4, -0.2) is 9.55 Å². The van der Waals surface area contributed by atoms with Crippen molar-refractivity contribution in [1.29, 1.82) is 0 Å². The largest absolute Gasteiger partial charge is 0.426 e. The van der Waals surface area contributed by atoms with Gasteiger partial charge in [-0.25, -0.2) is 4.98 Å². The Morgan fingerprint density at radius 3 is 2.69 bits per heavy atom. The molecule has 4 nitrogen and oxygen atoms in total. The van der Waals surface area contributed by atoms with E-state index < -0.39 is 0 Å². The highest BCUT2D eigenvalue weighted by molar-refractivity contribution is 5.29. The number of nitrogens with two attached hydrogens (primary N) is 1. The van der Waals surface area contributed by atoms with E-state index in [0.29, 0.717) is 12.6 Å². The molecule has 84 valence electrons. The first kappa shape index (κ1) is 10.7. The summed E-state index contributed by atoms with van der Waals surface area (Å²) in [5.41, 5.74) is 6.61. The Balaban J connectivity index is 2.14. The zero-order chi connectivity index (χ0) is 11.4. The maximum Gasteiger partial charge on any atom is 0.301 e. The predicted octanol–water partition coefficient (Wildman–Crippen LogP) is 2.15. The first-order valence-corrected chi connectivity index (χ1v) is 5.31. The van der Waals surface area contributed by atoms with Crippen LogP contribution < -0.4 is 10.5 Å². The van der Waals surface area contributed by atoms with Crippen LogP contribution in [0, 0.1) is 0 Å². The number of aromatic nitrogens is 2. The number of hydrogen-bond donors (Lipinski definition) is 1. The van der Waals surface area contributed by atoms with Gasteiger partial charge in [0, 0.05) is 25.5 Å². The molecule has 0 atom stereocenters. The van der Waals surface area contributed by atoms with Crippen molar-refractivity contribution >= 4 is 0 Å². The highest BCUT2D eigenvalue weighted by Crippen LogP contribution is 2.19. The van der Waals surface area contributed by atoms with Crippen LogP contribution in [0.2, 0.25) is 0 Å². The van der Waals surface area contributed by atoms with E-state index in [1.165, 1.54) is 0 Å². The molecule has 1 aromatic heterocycles. The molecule has 0 fully saturated rings. The molecule has 0 saturated carbocycles. The summed E-state index contributed by atoms with van der Waals surface area (Å²) in [5.74, 6) is 0.776. The molecule has 0 bridgehead atoms. The van der Waals surface area contributed by atoms with Gasteiger partial charge in [0.25, 0.3) is 0 Å². The smallest absolute Gasteiger partial charge is 0.301 e. The van der Waals surface area contributed by atoms with Gasteiger partial charge in [-0.1, -0.05) is 12.1 Å². The van der Waals surface area contributed by atoms with Gasteiger partial charge in [-0.15, -0.1) is 0 Å². The SMILES string of the molecule is CCn1ccnc1Oc1ccc(CN)cc1. The van der Waals surface area contributed by atoms with Crippen molar-refractivity contribution in [2.24, 2.45) is 5.73 Å². The maximum atomic E-state index is 5.65. The van der Waals surface area contributed by atoms with Crippen molar-refractivity contribution in [2.75, 3.05) is 0 Å². The summed E-state index contributed by atoms with van der Waals surface area (Å²) in [7, 11) is 0. The minimum absolute atomic E-state index is 0.546. The normalized spacial score (nSPS) is 10.4. The van der Waals surface area contributed by atoms with Crippen LogP contribution in [0.1, 0.15) is 12.5 Å². The molecule has 2 N–H and O–H groups in total. The fourth-order valence-electron chi connectivity index (χ4n) is 1.44. The number of benzene rings is 1. The van der Waals surface area contributed by atoms with E-state index in [2.05, 4.69) is 4.98 Å².